The molecule has 2 aromatic heterocycles. The van der Waals surface area contributed by atoms with E-state index in [4.69, 9.17) is 4.74 Å². The van der Waals surface area contributed by atoms with Crippen molar-refractivity contribution in [2.24, 2.45) is 0 Å². The molecule has 0 N–H and O–H groups in total. The van der Waals surface area contributed by atoms with E-state index in [2.05, 4.69) is 16.0 Å². The van der Waals surface area contributed by atoms with Crippen LogP contribution < -0.4 is 4.90 Å². The van der Waals surface area contributed by atoms with Gasteiger partial charge in [0.15, 0.2) is 0 Å². The summed E-state index contributed by atoms with van der Waals surface area (Å²) < 4.78 is 5.77. The summed E-state index contributed by atoms with van der Waals surface area (Å²) in [6, 6.07) is 7.24. The predicted octanol–water partition coefficient (Wildman–Crippen LogP) is 2.63. The zero-order valence-corrected chi connectivity index (χ0v) is 11.5. The first kappa shape index (κ1) is 13.0. The van der Waals surface area contributed by atoms with Crippen LogP contribution in [-0.2, 0) is 4.74 Å². The highest BCUT2D eigenvalue weighted by molar-refractivity contribution is 7.10. The van der Waals surface area contributed by atoms with E-state index >= 15 is 0 Å². The normalized spacial score (nSPS) is 19.0. The molecule has 3 heterocycles. The molecule has 3 rings (SSSR count). The third-order valence-electron chi connectivity index (χ3n) is 3.19. The second kappa shape index (κ2) is 5.56. The van der Waals surface area contributed by atoms with Crippen LogP contribution in [0, 0.1) is 10.1 Å². The van der Waals surface area contributed by atoms with Gasteiger partial charge in [0.05, 0.1) is 18.1 Å². The summed E-state index contributed by atoms with van der Waals surface area (Å²) >= 11 is 1.67. The third-order valence-corrected chi connectivity index (χ3v) is 4.16. The molecule has 0 saturated carbocycles. The monoisotopic (exact) mass is 291 g/mol. The van der Waals surface area contributed by atoms with Gasteiger partial charge in [-0.05, 0) is 17.5 Å². The fraction of sp³-hybridized carbons (Fsp3) is 0.308. The van der Waals surface area contributed by atoms with Gasteiger partial charge < -0.3 is 9.64 Å². The molecule has 1 atom stereocenters. The van der Waals surface area contributed by atoms with Gasteiger partial charge in [0, 0.05) is 17.5 Å². The van der Waals surface area contributed by atoms with Gasteiger partial charge in [-0.15, -0.1) is 11.3 Å². The summed E-state index contributed by atoms with van der Waals surface area (Å²) in [5, 5.41) is 12.7. The molecular formula is C13H13N3O3S. The Morgan fingerprint density at radius 2 is 2.35 bits per heavy atom. The van der Waals surface area contributed by atoms with Crippen molar-refractivity contribution in [2.45, 2.75) is 6.10 Å². The number of nitrogens with zero attached hydrogens (tertiary/aromatic N) is 3. The van der Waals surface area contributed by atoms with Crippen LogP contribution in [0.1, 0.15) is 11.0 Å². The van der Waals surface area contributed by atoms with E-state index < -0.39 is 4.92 Å². The lowest BCUT2D eigenvalue weighted by Crippen LogP contribution is -2.38. The van der Waals surface area contributed by atoms with Crippen molar-refractivity contribution in [3.63, 3.8) is 0 Å². The number of morpholine rings is 1. The lowest BCUT2D eigenvalue weighted by atomic mass is 10.2. The highest BCUT2D eigenvalue weighted by Crippen LogP contribution is 2.28. The Bertz CT molecular complexity index is 585. The summed E-state index contributed by atoms with van der Waals surface area (Å²) in [7, 11) is 0. The van der Waals surface area contributed by atoms with E-state index in [-0.39, 0.29) is 11.8 Å². The van der Waals surface area contributed by atoms with Crippen LogP contribution >= 0.6 is 11.3 Å². The van der Waals surface area contributed by atoms with E-state index in [0.717, 1.165) is 12.4 Å². The number of aromatic nitrogens is 1. The Morgan fingerprint density at radius 1 is 1.45 bits per heavy atom. The van der Waals surface area contributed by atoms with Crippen molar-refractivity contribution >= 4 is 22.8 Å². The molecule has 6 nitrogen and oxygen atoms in total. The van der Waals surface area contributed by atoms with E-state index in [1.807, 2.05) is 11.4 Å². The second-order valence-corrected chi connectivity index (χ2v) is 5.43. The van der Waals surface area contributed by atoms with Crippen LogP contribution in [-0.4, -0.2) is 29.6 Å². The smallest absolute Gasteiger partial charge is 0.287 e. The van der Waals surface area contributed by atoms with Crippen LogP contribution in [0.4, 0.5) is 11.5 Å². The maximum atomic E-state index is 10.6. The molecule has 20 heavy (non-hydrogen) atoms. The fourth-order valence-electron chi connectivity index (χ4n) is 2.18. The Labute approximate surface area is 119 Å². The van der Waals surface area contributed by atoms with Gasteiger partial charge in [-0.1, -0.05) is 6.07 Å². The van der Waals surface area contributed by atoms with Crippen LogP contribution in [0.3, 0.4) is 0 Å². The van der Waals surface area contributed by atoms with Crippen molar-refractivity contribution < 1.29 is 9.66 Å². The zero-order valence-electron chi connectivity index (χ0n) is 10.6. The minimum atomic E-state index is -0.440. The van der Waals surface area contributed by atoms with Gasteiger partial charge in [0.2, 0.25) is 0 Å². The molecular weight excluding hydrogens is 278 g/mol. The van der Waals surface area contributed by atoms with E-state index in [1.165, 1.54) is 17.1 Å². The Balaban J connectivity index is 1.75. The molecule has 2 aromatic rings. The van der Waals surface area contributed by atoms with E-state index in [9.17, 15) is 10.1 Å². The number of anilines is 1. The van der Waals surface area contributed by atoms with Gasteiger partial charge in [-0.25, -0.2) is 4.98 Å². The number of pyridine rings is 1. The molecule has 0 amide bonds. The van der Waals surface area contributed by atoms with Crippen molar-refractivity contribution in [3.05, 3.63) is 50.8 Å². The standard InChI is InChI=1S/C13H13N3O3S/c17-16(18)10-3-4-13(14-8-10)15-5-6-19-11(9-15)12-2-1-7-20-12/h1-4,7-8,11H,5-6,9H2. The average Bonchev–Trinajstić information content (AvgIpc) is 3.02. The van der Waals surface area contributed by atoms with Gasteiger partial charge >= 0.3 is 0 Å². The molecule has 7 heteroatoms. The maximum Gasteiger partial charge on any atom is 0.287 e. The Kier molecular flexibility index (Phi) is 3.62. The van der Waals surface area contributed by atoms with Gasteiger partial charge in [0.1, 0.15) is 18.1 Å². The predicted molar refractivity (Wildman–Crippen MR) is 76.1 cm³/mol. The number of thiophene rings is 1. The molecule has 0 aliphatic carbocycles. The highest BCUT2D eigenvalue weighted by atomic mass is 32.1. The third kappa shape index (κ3) is 2.63. The molecule has 0 bridgehead atoms. The van der Waals surface area contributed by atoms with Crippen molar-refractivity contribution in [1.82, 2.24) is 4.98 Å². The molecule has 1 aliphatic heterocycles. The maximum absolute atomic E-state index is 10.6. The number of rotatable bonds is 3. The number of hydrogen-bond acceptors (Lipinski definition) is 6. The Hall–Kier alpha value is -1.99. The van der Waals surface area contributed by atoms with Crippen LogP contribution in [0.25, 0.3) is 0 Å². The van der Waals surface area contributed by atoms with E-state index in [1.54, 1.807) is 17.4 Å². The second-order valence-electron chi connectivity index (χ2n) is 4.45. The van der Waals surface area contributed by atoms with Crippen molar-refractivity contribution in [2.75, 3.05) is 24.6 Å². The fourth-order valence-corrected chi connectivity index (χ4v) is 2.94. The van der Waals surface area contributed by atoms with Crippen LogP contribution in [0.2, 0.25) is 0 Å². The lowest BCUT2D eigenvalue weighted by Gasteiger charge is -2.33. The first-order valence-corrected chi connectivity index (χ1v) is 7.12. The topological polar surface area (TPSA) is 68.5 Å². The highest BCUT2D eigenvalue weighted by Gasteiger charge is 2.23. The first-order valence-electron chi connectivity index (χ1n) is 6.24. The van der Waals surface area contributed by atoms with Crippen LogP contribution in [0.5, 0.6) is 0 Å². The summed E-state index contributed by atoms with van der Waals surface area (Å²) in [6.07, 6.45) is 1.34. The zero-order chi connectivity index (χ0) is 13.9. The van der Waals surface area contributed by atoms with Gasteiger partial charge in [0.25, 0.3) is 5.69 Å². The minimum absolute atomic E-state index is 0.0109. The average molecular weight is 291 g/mol. The molecule has 1 aliphatic rings. The molecule has 0 aromatic carbocycles. The summed E-state index contributed by atoms with van der Waals surface area (Å²) in [5.41, 5.74) is 0.0109. The number of ether oxygens (including phenoxy) is 1. The summed E-state index contributed by atoms with van der Waals surface area (Å²) in [6.45, 7) is 2.08. The lowest BCUT2D eigenvalue weighted by molar-refractivity contribution is -0.385. The quantitative estimate of drug-likeness (QED) is 0.642. The Morgan fingerprint density at radius 3 is 3.00 bits per heavy atom. The summed E-state index contributed by atoms with van der Waals surface area (Å²) in [4.78, 5) is 17.6. The largest absolute Gasteiger partial charge is 0.369 e. The van der Waals surface area contributed by atoms with Crippen molar-refractivity contribution in [1.29, 1.82) is 0 Å². The molecule has 0 spiro atoms. The molecule has 1 saturated heterocycles. The van der Waals surface area contributed by atoms with Gasteiger partial charge in [-0.3, -0.25) is 10.1 Å². The van der Waals surface area contributed by atoms with Gasteiger partial charge in [-0.2, -0.15) is 0 Å². The summed E-state index contributed by atoms with van der Waals surface area (Å²) in [5.74, 6) is 0.750. The molecule has 0 radical (unpaired) electrons. The number of nitro groups is 1. The molecule has 1 fully saturated rings. The number of hydrogen-bond donors (Lipinski definition) is 0. The van der Waals surface area contributed by atoms with Crippen LogP contribution in [0.15, 0.2) is 35.8 Å². The minimum Gasteiger partial charge on any atom is -0.369 e. The first-order chi connectivity index (χ1) is 9.74. The SMILES string of the molecule is O=[N+]([O-])c1ccc(N2CCOC(c3cccs3)C2)nc1. The van der Waals surface area contributed by atoms with E-state index in [0.29, 0.717) is 13.2 Å². The molecule has 104 valence electrons. The molecule has 1 unspecified atom stereocenters. The van der Waals surface area contributed by atoms with Crippen molar-refractivity contribution in [3.8, 4) is 0 Å².